The van der Waals surface area contributed by atoms with Crippen molar-refractivity contribution in [2.75, 3.05) is 16.4 Å². The molecule has 3 amide bonds. The summed E-state index contributed by atoms with van der Waals surface area (Å²) in [7, 11) is 0. The number of carbonyl (C=O) groups is 3. The van der Waals surface area contributed by atoms with Crippen molar-refractivity contribution in [2.45, 2.75) is 4.90 Å². The van der Waals surface area contributed by atoms with Gasteiger partial charge in [0.25, 0.3) is 11.8 Å². The van der Waals surface area contributed by atoms with Gasteiger partial charge in [-0.3, -0.25) is 14.4 Å². The molecule has 37 heavy (non-hydrogen) atoms. The van der Waals surface area contributed by atoms with Gasteiger partial charge in [-0.2, -0.15) is 0 Å². The maximum atomic E-state index is 13.0. The molecule has 0 aliphatic heterocycles. The first kappa shape index (κ1) is 26.2. The number of rotatable bonds is 9. The summed E-state index contributed by atoms with van der Waals surface area (Å²) in [4.78, 5) is 39.6. The van der Waals surface area contributed by atoms with Crippen LogP contribution in [0.4, 0.5) is 11.4 Å². The average molecular weight is 548 g/mol. The van der Waals surface area contributed by atoms with Crippen molar-refractivity contribution in [2.24, 2.45) is 0 Å². The molecule has 186 valence electrons. The van der Waals surface area contributed by atoms with Crippen LogP contribution in [0.25, 0.3) is 6.08 Å². The fraction of sp³-hybridized carbons (Fsp3) is 0.0357. The highest BCUT2D eigenvalue weighted by molar-refractivity contribution is 8.00. The topological polar surface area (TPSA) is 87.3 Å². The maximum absolute atomic E-state index is 13.0. The second-order valence-corrected chi connectivity index (χ2v) is 10.2. The Bertz CT molecular complexity index is 1390. The quantitative estimate of drug-likeness (QED) is 0.164. The first-order valence-corrected chi connectivity index (χ1v) is 13.4. The fourth-order valence-corrected chi connectivity index (χ4v) is 4.65. The Hall–Kier alpha value is -3.85. The molecule has 4 rings (SSSR count). The molecule has 0 aliphatic rings. The largest absolute Gasteiger partial charge is 0.325 e. The molecule has 0 spiro atoms. The van der Waals surface area contributed by atoms with Crippen molar-refractivity contribution < 1.29 is 14.4 Å². The van der Waals surface area contributed by atoms with E-state index in [1.807, 2.05) is 35.7 Å². The van der Waals surface area contributed by atoms with Crippen LogP contribution >= 0.6 is 34.7 Å². The molecule has 0 aliphatic carbocycles. The standard InChI is InChI=1S/C28H22ClN3O3S2/c29-20-8-10-21(11-9-20)30-26(33)18-37-23-14-12-22(13-15-23)31-28(35)25(17-24-7-4-16-36-24)32-27(34)19-5-2-1-3-6-19/h1-17H,18H2,(H,30,33)(H,31,35)(H,32,34)/b25-17-. The molecule has 9 heteroatoms. The SMILES string of the molecule is O=C(CSc1ccc(NC(=O)/C(=C/c2cccs2)NC(=O)c2ccccc2)cc1)Nc1ccc(Cl)cc1. The number of thioether (sulfide) groups is 1. The van der Waals surface area contributed by atoms with Gasteiger partial charge in [0.05, 0.1) is 5.75 Å². The summed E-state index contributed by atoms with van der Waals surface area (Å²) in [6.07, 6.45) is 1.64. The van der Waals surface area contributed by atoms with Crippen molar-refractivity contribution in [3.8, 4) is 0 Å². The number of amides is 3. The Morgan fingerprint density at radius 3 is 2.16 bits per heavy atom. The van der Waals surface area contributed by atoms with Crippen LogP contribution in [0.2, 0.25) is 5.02 Å². The van der Waals surface area contributed by atoms with E-state index in [2.05, 4.69) is 16.0 Å². The van der Waals surface area contributed by atoms with Gasteiger partial charge < -0.3 is 16.0 Å². The number of benzene rings is 3. The second kappa shape index (κ2) is 12.9. The molecule has 1 heterocycles. The van der Waals surface area contributed by atoms with E-state index in [9.17, 15) is 14.4 Å². The number of anilines is 2. The van der Waals surface area contributed by atoms with Gasteiger partial charge in [-0.25, -0.2) is 0 Å². The van der Waals surface area contributed by atoms with Crippen molar-refractivity contribution in [3.63, 3.8) is 0 Å². The van der Waals surface area contributed by atoms with Crippen molar-refractivity contribution in [3.05, 3.63) is 118 Å². The summed E-state index contributed by atoms with van der Waals surface area (Å²) in [5.41, 5.74) is 1.83. The molecule has 0 fully saturated rings. The lowest BCUT2D eigenvalue weighted by Crippen LogP contribution is -2.30. The molecular formula is C28H22ClN3O3S2. The smallest absolute Gasteiger partial charge is 0.272 e. The Kier molecular flexibility index (Phi) is 9.15. The van der Waals surface area contributed by atoms with Crippen molar-refractivity contribution >= 4 is 69.9 Å². The summed E-state index contributed by atoms with van der Waals surface area (Å²) in [6, 6.07) is 26.5. The third-order valence-electron chi connectivity index (χ3n) is 4.97. The number of halogens is 1. The van der Waals surface area contributed by atoms with Crippen LogP contribution in [0, 0.1) is 0 Å². The lowest BCUT2D eigenvalue weighted by Gasteiger charge is -2.11. The van der Waals surface area contributed by atoms with E-state index >= 15 is 0 Å². The Morgan fingerprint density at radius 1 is 0.811 bits per heavy atom. The number of nitrogens with one attached hydrogen (secondary N) is 3. The lowest BCUT2D eigenvalue weighted by atomic mass is 10.2. The highest BCUT2D eigenvalue weighted by Crippen LogP contribution is 2.22. The van der Waals surface area contributed by atoms with E-state index < -0.39 is 5.91 Å². The van der Waals surface area contributed by atoms with Gasteiger partial charge in [0.2, 0.25) is 5.91 Å². The summed E-state index contributed by atoms with van der Waals surface area (Å²) >= 11 is 8.70. The zero-order chi connectivity index (χ0) is 26.0. The third-order valence-corrected chi connectivity index (χ3v) is 7.05. The summed E-state index contributed by atoms with van der Waals surface area (Å²) in [5.74, 6) is -0.724. The van der Waals surface area contributed by atoms with Gasteiger partial charge in [0.1, 0.15) is 5.70 Å². The molecule has 0 radical (unpaired) electrons. The predicted octanol–water partition coefficient (Wildman–Crippen LogP) is 6.54. The molecule has 0 bridgehead atoms. The van der Waals surface area contributed by atoms with E-state index in [0.717, 1.165) is 9.77 Å². The van der Waals surface area contributed by atoms with E-state index in [1.54, 1.807) is 66.7 Å². The molecule has 1 aromatic heterocycles. The second-order valence-electron chi connectivity index (χ2n) is 7.72. The summed E-state index contributed by atoms with van der Waals surface area (Å²) < 4.78 is 0. The number of hydrogen-bond acceptors (Lipinski definition) is 5. The van der Waals surface area contributed by atoms with Crippen LogP contribution in [0.3, 0.4) is 0 Å². The van der Waals surface area contributed by atoms with Gasteiger partial charge in [0.15, 0.2) is 0 Å². The van der Waals surface area contributed by atoms with Crippen LogP contribution in [0.5, 0.6) is 0 Å². The molecule has 0 unspecified atom stereocenters. The van der Waals surface area contributed by atoms with Crippen molar-refractivity contribution in [1.82, 2.24) is 5.32 Å². The molecule has 0 saturated carbocycles. The monoisotopic (exact) mass is 547 g/mol. The van der Waals surface area contributed by atoms with E-state index in [1.165, 1.54) is 23.1 Å². The molecular weight excluding hydrogens is 526 g/mol. The van der Waals surface area contributed by atoms with Crippen LogP contribution in [0.1, 0.15) is 15.2 Å². The van der Waals surface area contributed by atoms with Crippen LogP contribution in [0.15, 0.2) is 107 Å². The minimum absolute atomic E-state index is 0.133. The molecule has 6 nitrogen and oxygen atoms in total. The minimum Gasteiger partial charge on any atom is -0.325 e. The van der Waals surface area contributed by atoms with Gasteiger partial charge in [-0.15, -0.1) is 23.1 Å². The maximum Gasteiger partial charge on any atom is 0.272 e. The van der Waals surface area contributed by atoms with E-state index in [4.69, 9.17) is 11.6 Å². The Morgan fingerprint density at radius 2 is 1.49 bits per heavy atom. The normalized spacial score (nSPS) is 11.0. The zero-order valence-electron chi connectivity index (χ0n) is 19.4. The highest BCUT2D eigenvalue weighted by atomic mass is 35.5. The average Bonchev–Trinajstić information content (AvgIpc) is 3.43. The number of hydrogen-bond donors (Lipinski definition) is 3. The highest BCUT2D eigenvalue weighted by Gasteiger charge is 2.15. The van der Waals surface area contributed by atoms with Crippen LogP contribution < -0.4 is 16.0 Å². The predicted molar refractivity (Wildman–Crippen MR) is 152 cm³/mol. The fourth-order valence-electron chi connectivity index (χ4n) is 3.17. The Labute approximate surface area is 227 Å². The molecule has 3 aromatic carbocycles. The summed E-state index contributed by atoms with van der Waals surface area (Å²) in [6.45, 7) is 0. The molecule has 3 N–H and O–H groups in total. The third kappa shape index (κ3) is 8.08. The van der Waals surface area contributed by atoms with Crippen molar-refractivity contribution in [1.29, 1.82) is 0 Å². The minimum atomic E-state index is -0.444. The van der Waals surface area contributed by atoms with Gasteiger partial charge >= 0.3 is 0 Å². The molecule has 0 saturated heterocycles. The first-order chi connectivity index (χ1) is 18.0. The van der Waals surface area contributed by atoms with Crippen LogP contribution in [-0.4, -0.2) is 23.5 Å². The van der Waals surface area contributed by atoms with Crippen LogP contribution in [-0.2, 0) is 9.59 Å². The molecule has 4 aromatic rings. The number of carbonyl (C=O) groups excluding carboxylic acids is 3. The summed E-state index contributed by atoms with van der Waals surface area (Å²) in [5, 5.41) is 10.9. The lowest BCUT2D eigenvalue weighted by molar-refractivity contribution is -0.114. The van der Waals surface area contributed by atoms with Gasteiger partial charge in [-0.05, 0) is 78.2 Å². The van der Waals surface area contributed by atoms with E-state index in [0.29, 0.717) is 22.0 Å². The van der Waals surface area contributed by atoms with Gasteiger partial charge in [0, 0.05) is 31.7 Å². The zero-order valence-corrected chi connectivity index (χ0v) is 21.8. The van der Waals surface area contributed by atoms with E-state index in [-0.39, 0.29) is 23.3 Å². The molecule has 0 atom stereocenters. The Balaban J connectivity index is 1.36. The number of thiophene rings is 1. The first-order valence-electron chi connectivity index (χ1n) is 11.2. The van der Waals surface area contributed by atoms with Gasteiger partial charge in [-0.1, -0.05) is 35.9 Å².